The van der Waals surface area contributed by atoms with Crippen LogP contribution in [0, 0.1) is 5.92 Å². The van der Waals surface area contributed by atoms with E-state index < -0.39 is 0 Å². The van der Waals surface area contributed by atoms with E-state index in [2.05, 4.69) is 25.8 Å². The lowest BCUT2D eigenvalue weighted by atomic mass is 10.0. The van der Waals surface area contributed by atoms with Gasteiger partial charge in [0.2, 0.25) is 0 Å². The van der Waals surface area contributed by atoms with Crippen LogP contribution < -0.4 is 5.73 Å². The summed E-state index contributed by atoms with van der Waals surface area (Å²) in [5.74, 6) is 0.988. The summed E-state index contributed by atoms with van der Waals surface area (Å²) in [7, 11) is 0. The highest BCUT2D eigenvalue weighted by Gasteiger charge is 2.07. The molecule has 3 heteroatoms. The number of amidine groups is 1. The van der Waals surface area contributed by atoms with Gasteiger partial charge < -0.3 is 5.73 Å². The molecule has 2 N–H and O–H groups in total. The summed E-state index contributed by atoms with van der Waals surface area (Å²) >= 11 is 6.15. The van der Waals surface area contributed by atoms with Crippen molar-refractivity contribution in [3.8, 4) is 0 Å². The van der Waals surface area contributed by atoms with Crippen LogP contribution in [0.15, 0.2) is 15.7 Å². The highest BCUT2D eigenvalue weighted by molar-refractivity contribution is 6.30. The third-order valence-electron chi connectivity index (χ3n) is 2.98. The summed E-state index contributed by atoms with van der Waals surface area (Å²) < 4.78 is 0. The van der Waals surface area contributed by atoms with Crippen LogP contribution in [0.5, 0.6) is 0 Å². The van der Waals surface area contributed by atoms with Crippen LogP contribution in [-0.2, 0) is 0 Å². The van der Waals surface area contributed by atoms with Crippen molar-refractivity contribution in [3.05, 3.63) is 10.7 Å². The Labute approximate surface area is 111 Å². The largest absolute Gasteiger partial charge is 0.387 e. The smallest absolute Gasteiger partial charge is 0.130 e. The Balaban J connectivity index is 4.43. The lowest BCUT2D eigenvalue weighted by Gasteiger charge is -2.10. The van der Waals surface area contributed by atoms with E-state index in [1.165, 1.54) is 19.3 Å². The van der Waals surface area contributed by atoms with Crippen molar-refractivity contribution < 1.29 is 0 Å². The zero-order chi connectivity index (χ0) is 13.3. The molecule has 1 atom stereocenters. The van der Waals surface area contributed by atoms with Gasteiger partial charge in [-0.25, -0.2) is 4.99 Å². The first-order valence-electron chi connectivity index (χ1n) is 6.72. The average Bonchev–Trinajstić information content (AvgIpc) is 2.32. The van der Waals surface area contributed by atoms with Crippen LogP contribution in [0.4, 0.5) is 0 Å². The first kappa shape index (κ1) is 16.5. The van der Waals surface area contributed by atoms with Gasteiger partial charge in [0.15, 0.2) is 0 Å². The Morgan fingerprint density at radius 2 is 1.82 bits per heavy atom. The van der Waals surface area contributed by atoms with E-state index in [9.17, 15) is 0 Å². The number of aliphatic imine (C=N–C) groups is 1. The van der Waals surface area contributed by atoms with Crippen LogP contribution in [0.1, 0.15) is 66.2 Å². The fourth-order valence-electron chi connectivity index (χ4n) is 1.52. The predicted molar refractivity (Wildman–Crippen MR) is 78.4 cm³/mol. The Morgan fingerprint density at radius 1 is 1.24 bits per heavy atom. The van der Waals surface area contributed by atoms with Crippen LogP contribution >= 0.6 is 11.6 Å². The molecule has 100 valence electrons. The topological polar surface area (TPSA) is 38.4 Å². The minimum absolute atomic E-state index is 0.322. The number of rotatable bonds is 8. The van der Waals surface area contributed by atoms with E-state index in [0.29, 0.717) is 16.9 Å². The first-order valence-corrected chi connectivity index (χ1v) is 7.09. The summed E-state index contributed by atoms with van der Waals surface area (Å²) in [6, 6.07) is 0. The fraction of sp³-hybridized carbons (Fsp3) is 0.786. The normalized spacial score (nSPS) is 15.7. The summed E-state index contributed by atoms with van der Waals surface area (Å²) in [5.41, 5.74) is 7.09. The third-order valence-corrected chi connectivity index (χ3v) is 3.39. The van der Waals surface area contributed by atoms with Crippen LogP contribution in [0.3, 0.4) is 0 Å². The molecule has 0 aromatic rings. The molecule has 0 aromatic carbocycles. The van der Waals surface area contributed by atoms with E-state index in [-0.39, 0.29) is 0 Å². The number of allylic oxidation sites excluding steroid dienone is 1. The molecule has 2 nitrogen and oxygen atoms in total. The number of halogens is 1. The molecule has 0 saturated carbocycles. The maximum atomic E-state index is 6.15. The van der Waals surface area contributed by atoms with Gasteiger partial charge in [0, 0.05) is 5.92 Å². The van der Waals surface area contributed by atoms with Crippen molar-refractivity contribution >= 4 is 17.4 Å². The molecule has 0 heterocycles. The summed E-state index contributed by atoms with van der Waals surface area (Å²) in [4.78, 5) is 4.32. The standard InChI is InChI=1S/C14H27ClN2/c1-5-7-9-11(3)13(15)17-14(16)12(4)10-8-6-2/h12H,5-10H2,1-4H3,(H2,16,17)/b13-11-. The second-order valence-corrected chi connectivity index (χ2v) is 5.11. The number of unbranched alkanes of at least 4 members (excludes halogenated alkanes) is 2. The Hall–Kier alpha value is -0.500. The third kappa shape index (κ3) is 7.43. The van der Waals surface area contributed by atoms with Gasteiger partial charge in [0.05, 0.1) is 0 Å². The van der Waals surface area contributed by atoms with Gasteiger partial charge >= 0.3 is 0 Å². The van der Waals surface area contributed by atoms with Gasteiger partial charge in [0.1, 0.15) is 11.0 Å². The molecular formula is C14H27ClN2. The summed E-state index contributed by atoms with van der Waals surface area (Å²) in [6.45, 7) is 8.50. The van der Waals surface area contributed by atoms with Crippen molar-refractivity contribution in [1.29, 1.82) is 0 Å². The van der Waals surface area contributed by atoms with Crippen molar-refractivity contribution in [2.75, 3.05) is 0 Å². The molecule has 0 saturated heterocycles. The van der Waals surface area contributed by atoms with Crippen LogP contribution in [0.2, 0.25) is 0 Å². The molecule has 0 aliphatic heterocycles. The molecule has 0 aromatic heterocycles. The number of hydrogen-bond acceptors (Lipinski definition) is 1. The van der Waals surface area contributed by atoms with E-state index in [0.717, 1.165) is 24.8 Å². The van der Waals surface area contributed by atoms with Gasteiger partial charge in [-0.3, -0.25) is 0 Å². The Morgan fingerprint density at radius 3 is 2.35 bits per heavy atom. The molecule has 0 aliphatic rings. The minimum Gasteiger partial charge on any atom is -0.387 e. The van der Waals surface area contributed by atoms with E-state index in [1.807, 2.05) is 6.92 Å². The van der Waals surface area contributed by atoms with Crippen molar-refractivity contribution in [2.45, 2.75) is 66.2 Å². The first-order chi connectivity index (χ1) is 8.02. The predicted octanol–water partition coefficient (Wildman–Crippen LogP) is 4.83. The van der Waals surface area contributed by atoms with Gasteiger partial charge in [-0.15, -0.1) is 0 Å². The molecule has 17 heavy (non-hydrogen) atoms. The van der Waals surface area contributed by atoms with Gasteiger partial charge in [-0.05, 0) is 31.8 Å². The minimum atomic E-state index is 0.322. The van der Waals surface area contributed by atoms with E-state index in [4.69, 9.17) is 17.3 Å². The van der Waals surface area contributed by atoms with Crippen LogP contribution in [0.25, 0.3) is 0 Å². The SMILES string of the molecule is CCCC/C(C)=C(Cl)\N=C(\N)C(C)CCCC. The van der Waals surface area contributed by atoms with E-state index in [1.54, 1.807) is 0 Å². The highest BCUT2D eigenvalue weighted by atomic mass is 35.5. The van der Waals surface area contributed by atoms with Crippen molar-refractivity contribution in [2.24, 2.45) is 16.6 Å². The summed E-state index contributed by atoms with van der Waals surface area (Å²) in [6.07, 6.45) is 6.81. The molecule has 0 radical (unpaired) electrons. The second-order valence-electron chi connectivity index (χ2n) is 4.75. The molecular weight excluding hydrogens is 232 g/mol. The number of hydrogen-bond donors (Lipinski definition) is 1. The van der Waals surface area contributed by atoms with E-state index >= 15 is 0 Å². The maximum absolute atomic E-state index is 6.15. The zero-order valence-corrected chi connectivity index (χ0v) is 12.5. The van der Waals surface area contributed by atoms with Gasteiger partial charge in [0.25, 0.3) is 0 Å². The Bertz CT molecular complexity index is 269. The van der Waals surface area contributed by atoms with Crippen LogP contribution in [-0.4, -0.2) is 5.84 Å². The second kappa shape index (κ2) is 9.52. The maximum Gasteiger partial charge on any atom is 0.130 e. The fourth-order valence-corrected chi connectivity index (χ4v) is 1.71. The number of nitrogens with two attached hydrogens (primary N) is 1. The van der Waals surface area contributed by atoms with Crippen molar-refractivity contribution in [1.82, 2.24) is 0 Å². The monoisotopic (exact) mass is 258 g/mol. The zero-order valence-electron chi connectivity index (χ0n) is 11.7. The molecule has 0 bridgehead atoms. The quantitative estimate of drug-likeness (QED) is 0.378. The van der Waals surface area contributed by atoms with Gasteiger partial charge in [-0.2, -0.15) is 0 Å². The average molecular weight is 259 g/mol. The summed E-state index contributed by atoms with van der Waals surface area (Å²) in [5, 5.41) is 0.583. The molecule has 0 spiro atoms. The van der Waals surface area contributed by atoms with Crippen molar-refractivity contribution in [3.63, 3.8) is 0 Å². The molecule has 0 fully saturated rings. The molecule has 0 rings (SSSR count). The highest BCUT2D eigenvalue weighted by Crippen LogP contribution is 2.18. The molecule has 0 aliphatic carbocycles. The Kier molecular flexibility index (Phi) is 9.24. The number of nitrogens with zero attached hydrogens (tertiary/aromatic N) is 1. The molecule has 1 unspecified atom stereocenters. The lowest BCUT2D eigenvalue weighted by Crippen LogP contribution is -2.21. The lowest BCUT2D eigenvalue weighted by molar-refractivity contribution is 0.620. The molecule has 0 amide bonds. The van der Waals surface area contributed by atoms with Gasteiger partial charge in [-0.1, -0.05) is 51.6 Å².